The van der Waals surface area contributed by atoms with Crippen molar-refractivity contribution < 1.29 is 4.79 Å². The summed E-state index contributed by atoms with van der Waals surface area (Å²) in [7, 11) is 0. The third-order valence-electron chi connectivity index (χ3n) is 3.49. The molecular formula is C14H17N5O. The lowest BCUT2D eigenvalue weighted by atomic mass is 10.1. The van der Waals surface area contributed by atoms with E-state index in [2.05, 4.69) is 32.7 Å². The van der Waals surface area contributed by atoms with Gasteiger partial charge in [0.2, 0.25) is 0 Å². The second-order valence-corrected chi connectivity index (χ2v) is 4.79. The molecule has 3 N–H and O–H groups in total. The van der Waals surface area contributed by atoms with Crippen molar-refractivity contribution in [2.45, 2.75) is 19.4 Å². The Morgan fingerprint density at radius 3 is 3.10 bits per heavy atom. The Balaban J connectivity index is 1.92. The first-order valence-corrected chi connectivity index (χ1v) is 6.80. The molecule has 1 aromatic carbocycles. The van der Waals surface area contributed by atoms with Gasteiger partial charge in [-0.1, -0.05) is 19.1 Å². The molecule has 0 saturated heterocycles. The summed E-state index contributed by atoms with van der Waals surface area (Å²) in [5, 5.41) is 15.0. The Kier molecular flexibility index (Phi) is 3.37. The standard InChI is InChI=1S/C14H17N5O/c1-2-11(17-14-15-5-6-16-14)13-10-4-3-9(8-20)7-12(10)18-19-13/h3-4,7-8,11H,2,5-6H2,1H3,(H,18,19)(H2,15,16,17). The minimum atomic E-state index is 0.117. The van der Waals surface area contributed by atoms with E-state index in [9.17, 15) is 4.79 Å². The van der Waals surface area contributed by atoms with Crippen molar-refractivity contribution in [3.05, 3.63) is 29.5 Å². The second kappa shape index (κ2) is 5.32. The van der Waals surface area contributed by atoms with Crippen LogP contribution in [0.2, 0.25) is 0 Å². The van der Waals surface area contributed by atoms with Gasteiger partial charge in [-0.15, -0.1) is 0 Å². The van der Waals surface area contributed by atoms with E-state index in [4.69, 9.17) is 0 Å². The average molecular weight is 271 g/mol. The Morgan fingerprint density at radius 1 is 1.50 bits per heavy atom. The minimum absolute atomic E-state index is 0.117. The van der Waals surface area contributed by atoms with E-state index in [0.717, 1.165) is 48.4 Å². The number of carbonyl (C=O) groups excluding carboxylic acids is 1. The van der Waals surface area contributed by atoms with Gasteiger partial charge in [0, 0.05) is 17.5 Å². The van der Waals surface area contributed by atoms with Gasteiger partial charge in [0.1, 0.15) is 6.29 Å². The SMILES string of the molecule is CCC(NC1=NCCN1)c1[nH]nc2cc(C=O)ccc12. The molecule has 1 unspecified atom stereocenters. The van der Waals surface area contributed by atoms with Crippen molar-refractivity contribution in [3.63, 3.8) is 0 Å². The van der Waals surface area contributed by atoms with Crippen LogP contribution in [0.5, 0.6) is 0 Å². The Morgan fingerprint density at radius 2 is 2.40 bits per heavy atom. The molecule has 1 aliphatic heterocycles. The van der Waals surface area contributed by atoms with Crippen LogP contribution in [0.15, 0.2) is 23.2 Å². The van der Waals surface area contributed by atoms with E-state index in [1.807, 2.05) is 12.1 Å². The third kappa shape index (κ3) is 2.24. The van der Waals surface area contributed by atoms with Crippen LogP contribution in [0, 0.1) is 0 Å². The van der Waals surface area contributed by atoms with Crippen LogP contribution in [0.25, 0.3) is 10.9 Å². The summed E-state index contributed by atoms with van der Waals surface area (Å²) in [6, 6.07) is 5.66. The lowest BCUT2D eigenvalue weighted by Gasteiger charge is -2.17. The van der Waals surface area contributed by atoms with Crippen molar-refractivity contribution in [2.75, 3.05) is 13.1 Å². The molecule has 20 heavy (non-hydrogen) atoms. The Bertz CT molecular complexity index is 661. The number of rotatable bonds is 4. The summed E-state index contributed by atoms with van der Waals surface area (Å²) in [6.45, 7) is 3.80. The number of benzene rings is 1. The van der Waals surface area contributed by atoms with Crippen LogP contribution < -0.4 is 10.6 Å². The van der Waals surface area contributed by atoms with Crippen LogP contribution >= 0.6 is 0 Å². The Labute approximate surface area is 116 Å². The van der Waals surface area contributed by atoms with E-state index in [0.29, 0.717) is 5.56 Å². The van der Waals surface area contributed by atoms with E-state index >= 15 is 0 Å². The van der Waals surface area contributed by atoms with Gasteiger partial charge >= 0.3 is 0 Å². The molecule has 6 nitrogen and oxygen atoms in total. The average Bonchev–Trinajstić information content (AvgIpc) is 3.13. The lowest BCUT2D eigenvalue weighted by Crippen LogP contribution is -2.36. The van der Waals surface area contributed by atoms with Crippen LogP contribution in [0.3, 0.4) is 0 Å². The van der Waals surface area contributed by atoms with Gasteiger partial charge in [0.05, 0.1) is 23.8 Å². The van der Waals surface area contributed by atoms with Gasteiger partial charge in [-0.05, 0) is 12.5 Å². The zero-order chi connectivity index (χ0) is 13.9. The van der Waals surface area contributed by atoms with E-state index in [1.165, 1.54) is 0 Å². The molecule has 1 aliphatic rings. The Hall–Kier alpha value is -2.37. The maximum atomic E-state index is 10.8. The molecule has 1 aromatic heterocycles. The molecule has 2 heterocycles. The van der Waals surface area contributed by atoms with Crippen molar-refractivity contribution in [2.24, 2.45) is 4.99 Å². The van der Waals surface area contributed by atoms with Crippen molar-refractivity contribution >= 4 is 23.1 Å². The number of carbonyl (C=O) groups is 1. The molecule has 1 atom stereocenters. The number of aromatic amines is 1. The maximum Gasteiger partial charge on any atom is 0.191 e. The van der Waals surface area contributed by atoms with Crippen LogP contribution in [-0.4, -0.2) is 35.5 Å². The second-order valence-electron chi connectivity index (χ2n) is 4.79. The molecule has 0 spiro atoms. The number of hydrogen-bond acceptors (Lipinski definition) is 5. The molecule has 0 fully saturated rings. The molecule has 0 saturated carbocycles. The number of H-pyrrole nitrogens is 1. The molecule has 2 aromatic rings. The fourth-order valence-corrected chi connectivity index (χ4v) is 2.43. The van der Waals surface area contributed by atoms with Crippen molar-refractivity contribution in [3.8, 4) is 0 Å². The predicted octanol–water partition coefficient (Wildman–Crippen LogP) is 1.38. The van der Waals surface area contributed by atoms with Crippen molar-refractivity contribution in [1.29, 1.82) is 0 Å². The van der Waals surface area contributed by atoms with Gasteiger partial charge in [-0.25, -0.2) is 0 Å². The van der Waals surface area contributed by atoms with Gasteiger partial charge < -0.3 is 10.6 Å². The van der Waals surface area contributed by atoms with Crippen LogP contribution in [-0.2, 0) is 0 Å². The summed E-state index contributed by atoms with van der Waals surface area (Å²) in [4.78, 5) is 15.2. The summed E-state index contributed by atoms with van der Waals surface area (Å²) >= 11 is 0. The molecule has 104 valence electrons. The summed E-state index contributed by atoms with van der Waals surface area (Å²) in [6.07, 6.45) is 1.74. The highest BCUT2D eigenvalue weighted by atomic mass is 16.1. The van der Waals surface area contributed by atoms with E-state index in [-0.39, 0.29) is 6.04 Å². The summed E-state index contributed by atoms with van der Waals surface area (Å²) < 4.78 is 0. The number of aldehydes is 1. The number of nitrogens with zero attached hydrogens (tertiary/aromatic N) is 2. The first-order chi connectivity index (χ1) is 9.81. The molecule has 0 bridgehead atoms. The molecule has 0 amide bonds. The fraction of sp³-hybridized carbons (Fsp3) is 0.357. The van der Waals surface area contributed by atoms with Crippen molar-refractivity contribution in [1.82, 2.24) is 20.8 Å². The minimum Gasteiger partial charge on any atom is -0.355 e. The van der Waals surface area contributed by atoms with Gasteiger partial charge in [0.15, 0.2) is 5.96 Å². The molecule has 0 aliphatic carbocycles. The smallest absolute Gasteiger partial charge is 0.191 e. The molecular weight excluding hydrogens is 254 g/mol. The highest BCUT2D eigenvalue weighted by Gasteiger charge is 2.18. The summed E-state index contributed by atoms with van der Waals surface area (Å²) in [5.41, 5.74) is 2.47. The lowest BCUT2D eigenvalue weighted by molar-refractivity contribution is 0.112. The summed E-state index contributed by atoms with van der Waals surface area (Å²) in [5.74, 6) is 0.837. The largest absolute Gasteiger partial charge is 0.355 e. The van der Waals surface area contributed by atoms with Gasteiger partial charge in [-0.2, -0.15) is 5.10 Å². The number of aliphatic imine (C=N–C) groups is 1. The number of guanidine groups is 1. The van der Waals surface area contributed by atoms with Gasteiger partial charge in [-0.3, -0.25) is 14.9 Å². The first kappa shape index (κ1) is 12.7. The highest BCUT2D eigenvalue weighted by Crippen LogP contribution is 2.24. The zero-order valence-corrected chi connectivity index (χ0v) is 11.3. The van der Waals surface area contributed by atoms with Crippen LogP contribution in [0.1, 0.15) is 35.4 Å². The molecule has 0 radical (unpaired) electrons. The number of fused-ring (bicyclic) bond motifs is 1. The monoisotopic (exact) mass is 271 g/mol. The quantitative estimate of drug-likeness (QED) is 0.734. The molecule has 6 heteroatoms. The number of nitrogens with one attached hydrogen (secondary N) is 3. The normalized spacial score (nSPS) is 15.8. The first-order valence-electron chi connectivity index (χ1n) is 6.80. The number of hydrogen-bond donors (Lipinski definition) is 3. The number of aromatic nitrogens is 2. The predicted molar refractivity (Wildman–Crippen MR) is 78.0 cm³/mol. The highest BCUT2D eigenvalue weighted by molar-refractivity contribution is 5.89. The third-order valence-corrected chi connectivity index (χ3v) is 3.49. The van der Waals surface area contributed by atoms with Crippen LogP contribution in [0.4, 0.5) is 0 Å². The topological polar surface area (TPSA) is 82.2 Å². The zero-order valence-electron chi connectivity index (χ0n) is 11.3. The fourth-order valence-electron chi connectivity index (χ4n) is 2.43. The van der Waals surface area contributed by atoms with E-state index < -0.39 is 0 Å². The van der Waals surface area contributed by atoms with E-state index in [1.54, 1.807) is 6.07 Å². The molecule has 3 rings (SSSR count). The van der Waals surface area contributed by atoms with Gasteiger partial charge in [0.25, 0.3) is 0 Å². The maximum absolute atomic E-state index is 10.8.